The van der Waals surface area contributed by atoms with Gasteiger partial charge in [-0.1, -0.05) is 12.5 Å². The molecule has 1 aromatic rings. The molecule has 1 aromatic heterocycles. The number of rotatable bonds is 3. The molecule has 132 valence electrons. The van der Waals surface area contributed by atoms with Crippen LogP contribution in [0, 0.1) is 0 Å². The Hall–Kier alpha value is -1.62. The average Bonchev–Trinajstić information content (AvgIpc) is 2.50. The third-order valence-corrected chi connectivity index (χ3v) is 4.76. The minimum absolute atomic E-state index is 0.214. The molecule has 3 rings (SSSR count). The highest BCUT2D eigenvalue weighted by molar-refractivity contribution is 5.87. The van der Waals surface area contributed by atoms with Gasteiger partial charge in [0.05, 0.1) is 0 Å². The molecule has 1 aliphatic heterocycles. The van der Waals surface area contributed by atoms with Crippen molar-refractivity contribution in [3.63, 3.8) is 0 Å². The van der Waals surface area contributed by atoms with Crippen LogP contribution in [0.1, 0.15) is 70.9 Å². The number of carbonyl (C=O) groups excluding carboxylic acids is 1. The number of amides is 1. The van der Waals surface area contributed by atoms with E-state index in [4.69, 9.17) is 4.74 Å². The van der Waals surface area contributed by atoms with Gasteiger partial charge >= 0.3 is 6.09 Å². The van der Waals surface area contributed by atoms with Crippen LogP contribution in [0.4, 0.5) is 10.6 Å². The normalized spacial score (nSPS) is 21.9. The van der Waals surface area contributed by atoms with Crippen LogP contribution in [0.2, 0.25) is 0 Å². The minimum Gasteiger partial charge on any atom is -0.443 e. The topological polar surface area (TPSA) is 54.5 Å². The first-order valence-corrected chi connectivity index (χ1v) is 9.15. The second kappa shape index (κ2) is 7.09. The second-order valence-corrected chi connectivity index (χ2v) is 7.89. The number of nitrogens with one attached hydrogen (secondary N) is 1. The fourth-order valence-electron chi connectivity index (χ4n) is 3.27. The summed E-state index contributed by atoms with van der Waals surface area (Å²) >= 11 is 0. The Labute approximate surface area is 144 Å². The Morgan fingerprint density at radius 2 is 2.00 bits per heavy atom. The summed E-state index contributed by atoms with van der Waals surface area (Å²) < 4.78 is 5.59. The predicted octanol–water partition coefficient (Wildman–Crippen LogP) is 4.19. The van der Waals surface area contributed by atoms with Crippen LogP contribution in [0.5, 0.6) is 0 Å². The van der Waals surface area contributed by atoms with Gasteiger partial charge in [0.25, 0.3) is 0 Å². The summed E-state index contributed by atoms with van der Waals surface area (Å²) in [6.45, 7) is 6.76. The highest BCUT2D eigenvalue weighted by Crippen LogP contribution is 2.31. The van der Waals surface area contributed by atoms with Crippen LogP contribution in [-0.4, -0.2) is 29.3 Å². The van der Waals surface area contributed by atoms with Gasteiger partial charge in [-0.05, 0) is 71.0 Å². The highest BCUT2D eigenvalue weighted by Gasteiger charge is 2.34. The first-order valence-electron chi connectivity index (χ1n) is 9.15. The number of anilines is 1. The first-order chi connectivity index (χ1) is 11.4. The van der Waals surface area contributed by atoms with Crippen molar-refractivity contribution in [2.45, 2.75) is 77.0 Å². The van der Waals surface area contributed by atoms with E-state index in [-0.39, 0.29) is 12.1 Å². The Morgan fingerprint density at radius 1 is 1.21 bits per heavy atom. The van der Waals surface area contributed by atoms with E-state index in [9.17, 15) is 4.79 Å². The molecule has 0 aromatic carbocycles. The fourth-order valence-corrected chi connectivity index (χ4v) is 3.27. The maximum atomic E-state index is 12.6. The van der Waals surface area contributed by atoms with Crippen LogP contribution in [0.25, 0.3) is 0 Å². The molecule has 0 unspecified atom stereocenters. The van der Waals surface area contributed by atoms with E-state index in [1.54, 1.807) is 4.90 Å². The summed E-state index contributed by atoms with van der Waals surface area (Å²) in [6, 6.07) is 4.67. The molecule has 1 saturated heterocycles. The molecule has 1 N–H and O–H groups in total. The Balaban J connectivity index is 1.76. The van der Waals surface area contributed by atoms with Crippen LogP contribution in [0.3, 0.4) is 0 Å². The van der Waals surface area contributed by atoms with E-state index in [2.05, 4.69) is 16.4 Å². The van der Waals surface area contributed by atoms with Crippen molar-refractivity contribution in [2.24, 2.45) is 0 Å². The van der Waals surface area contributed by atoms with Crippen molar-refractivity contribution in [3.8, 4) is 0 Å². The van der Waals surface area contributed by atoms with Gasteiger partial charge < -0.3 is 10.1 Å². The third-order valence-electron chi connectivity index (χ3n) is 4.76. The number of piperidine rings is 1. The van der Waals surface area contributed by atoms with E-state index in [1.807, 2.05) is 33.0 Å². The summed E-state index contributed by atoms with van der Waals surface area (Å²) in [5.41, 5.74) is 0.710. The summed E-state index contributed by atoms with van der Waals surface area (Å²) in [5, 5.41) is 3.54. The minimum atomic E-state index is -0.495. The lowest BCUT2D eigenvalue weighted by atomic mass is 9.91. The third kappa shape index (κ3) is 4.07. The lowest BCUT2D eigenvalue weighted by Gasteiger charge is -2.37. The van der Waals surface area contributed by atoms with E-state index < -0.39 is 5.60 Å². The van der Waals surface area contributed by atoms with Gasteiger partial charge in [0.2, 0.25) is 0 Å². The smallest absolute Gasteiger partial charge is 0.416 e. The number of hydrogen-bond acceptors (Lipinski definition) is 4. The van der Waals surface area contributed by atoms with Gasteiger partial charge in [-0.25, -0.2) is 9.78 Å². The zero-order valence-corrected chi connectivity index (χ0v) is 15.0. The van der Waals surface area contributed by atoms with E-state index in [0.29, 0.717) is 11.9 Å². The van der Waals surface area contributed by atoms with Gasteiger partial charge in [0, 0.05) is 18.3 Å². The first kappa shape index (κ1) is 17.2. The molecule has 0 bridgehead atoms. The zero-order valence-electron chi connectivity index (χ0n) is 15.0. The monoisotopic (exact) mass is 331 g/mol. The number of aromatic nitrogens is 1. The Kier molecular flexibility index (Phi) is 5.09. The average molecular weight is 331 g/mol. The molecular weight excluding hydrogens is 302 g/mol. The largest absolute Gasteiger partial charge is 0.443 e. The molecular formula is C19H29N3O2. The van der Waals surface area contributed by atoms with Crippen LogP contribution in [0.15, 0.2) is 18.3 Å². The van der Waals surface area contributed by atoms with Gasteiger partial charge in [0.1, 0.15) is 11.4 Å². The predicted molar refractivity (Wildman–Crippen MR) is 95.2 cm³/mol. The fraction of sp³-hybridized carbons (Fsp3) is 0.684. The lowest BCUT2D eigenvalue weighted by molar-refractivity contribution is 0.0548. The molecule has 24 heavy (non-hydrogen) atoms. The van der Waals surface area contributed by atoms with E-state index in [1.165, 1.54) is 18.4 Å². The van der Waals surface area contributed by atoms with Gasteiger partial charge in [0.15, 0.2) is 0 Å². The molecule has 1 atom stereocenters. The summed E-state index contributed by atoms with van der Waals surface area (Å²) in [4.78, 5) is 19.0. The number of hydrogen-bond donors (Lipinski definition) is 1. The molecule has 5 heteroatoms. The van der Waals surface area contributed by atoms with E-state index >= 15 is 0 Å². The van der Waals surface area contributed by atoms with Gasteiger partial charge in [-0.2, -0.15) is 0 Å². The molecule has 2 heterocycles. The molecule has 5 nitrogen and oxygen atoms in total. The van der Waals surface area contributed by atoms with Crippen molar-refractivity contribution in [1.82, 2.24) is 10.3 Å². The molecule has 2 aliphatic rings. The van der Waals surface area contributed by atoms with Crippen LogP contribution in [-0.2, 0) is 4.74 Å². The highest BCUT2D eigenvalue weighted by atomic mass is 16.6. The standard InChI is InChI=1S/C19H29N3O2/c1-19(2,3)24-18(23)22(15-7-6-8-15)17-11-10-14(13-21-17)16-9-4-5-12-20-16/h10-11,13,15-16,20H,4-9,12H2,1-3H3/t16-/m0/s1. The SMILES string of the molecule is CC(C)(C)OC(=O)N(c1ccc([C@@H]2CCCCN2)cn1)C1CCC1. The Bertz CT molecular complexity index is 555. The number of pyridine rings is 1. The maximum absolute atomic E-state index is 12.6. The lowest BCUT2D eigenvalue weighted by Crippen LogP contribution is -2.47. The number of carbonyl (C=O) groups is 1. The second-order valence-electron chi connectivity index (χ2n) is 7.89. The van der Waals surface area contributed by atoms with Crippen molar-refractivity contribution in [2.75, 3.05) is 11.4 Å². The van der Waals surface area contributed by atoms with Gasteiger partial charge in [-0.15, -0.1) is 0 Å². The maximum Gasteiger partial charge on any atom is 0.416 e. The zero-order chi connectivity index (χ0) is 17.2. The summed E-state index contributed by atoms with van der Waals surface area (Å²) in [5.74, 6) is 0.702. The quantitative estimate of drug-likeness (QED) is 0.902. The summed E-state index contributed by atoms with van der Waals surface area (Å²) in [6.07, 6.45) is 8.48. The molecule has 1 aliphatic carbocycles. The molecule has 1 amide bonds. The Morgan fingerprint density at radius 3 is 2.50 bits per heavy atom. The van der Waals surface area contributed by atoms with Crippen molar-refractivity contribution in [3.05, 3.63) is 23.9 Å². The van der Waals surface area contributed by atoms with E-state index in [0.717, 1.165) is 32.2 Å². The van der Waals surface area contributed by atoms with Crippen LogP contribution < -0.4 is 10.2 Å². The summed E-state index contributed by atoms with van der Waals surface area (Å²) in [7, 11) is 0. The molecule has 1 saturated carbocycles. The molecule has 0 radical (unpaired) electrons. The van der Waals surface area contributed by atoms with Gasteiger partial charge in [-0.3, -0.25) is 4.90 Å². The number of ether oxygens (including phenoxy) is 1. The van der Waals surface area contributed by atoms with Crippen molar-refractivity contribution >= 4 is 11.9 Å². The molecule has 0 spiro atoms. The number of nitrogens with zero attached hydrogens (tertiary/aromatic N) is 2. The van der Waals surface area contributed by atoms with Crippen molar-refractivity contribution < 1.29 is 9.53 Å². The van der Waals surface area contributed by atoms with Crippen molar-refractivity contribution in [1.29, 1.82) is 0 Å². The van der Waals surface area contributed by atoms with Crippen LogP contribution >= 0.6 is 0 Å². The molecule has 2 fully saturated rings.